The van der Waals surface area contributed by atoms with Crippen LogP contribution in [-0.2, 0) is 4.74 Å². The first-order valence-corrected chi connectivity index (χ1v) is 11.7. The zero-order valence-corrected chi connectivity index (χ0v) is 22.3. The second-order valence-electron chi connectivity index (χ2n) is 7.98. The van der Waals surface area contributed by atoms with E-state index in [-0.39, 0.29) is 42.0 Å². The summed E-state index contributed by atoms with van der Waals surface area (Å²) in [7, 11) is 0. The van der Waals surface area contributed by atoms with E-state index in [1.54, 1.807) is 0 Å². The summed E-state index contributed by atoms with van der Waals surface area (Å²) in [5, 5.41) is 17.2. The van der Waals surface area contributed by atoms with Gasteiger partial charge in [-0.1, -0.05) is 37.6 Å². The maximum Gasteiger partial charge on any atom is 0.191 e. The molecule has 1 atom stereocenters. The van der Waals surface area contributed by atoms with Crippen LogP contribution in [0.4, 0.5) is 0 Å². The normalized spacial score (nSPS) is 16.5. The molecule has 6 nitrogen and oxygen atoms in total. The number of guanidine groups is 1. The molecular weight excluding hydrogens is 527 g/mol. The molecule has 1 aromatic rings. The summed E-state index contributed by atoms with van der Waals surface area (Å²) in [6.07, 6.45) is 2.79. The molecule has 8 heteroatoms. The molecule has 0 aromatic heterocycles. The fourth-order valence-electron chi connectivity index (χ4n) is 3.99. The first-order chi connectivity index (χ1) is 14.6. The lowest BCUT2D eigenvalue weighted by Crippen LogP contribution is -2.46. The summed E-state index contributed by atoms with van der Waals surface area (Å²) in [6, 6.07) is 8.30. The molecule has 178 valence electrons. The molecule has 0 aliphatic carbocycles. The van der Waals surface area contributed by atoms with Crippen molar-refractivity contribution in [2.24, 2.45) is 10.4 Å². The van der Waals surface area contributed by atoms with Crippen molar-refractivity contribution in [2.75, 3.05) is 52.5 Å². The van der Waals surface area contributed by atoms with Gasteiger partial charge in [-0.2, -0.15) is 0 Å². The number of aliphatic hydroxyl groups is 1. The third-order valence-corrected chi connectivity index (χ3v) is 6.48. The summed E-state index contributed by atoms with van der Waals surface area (Å²) < 4.78 is 5.55. The zero-order valence-electron chi connectivity index (χ0n) is 19.2. The number of aliphatic hydroxyl groups excluding tert-OH is 1. The van der Waals surface area contributed by atoms with Crippen LogP contribution in [0, 0.1) is 5.41 Å². The largest absolute Gasteiger partial charge is 0.396 e. The number of ether oxygens (including phenoxy) is 1. The lowest BCUT2D eigenvalue weighted by molar-refractivity contribution is 0.0170. The average Bonchev–Trinajstić information content (AvgIpc) is 2.77. The van der Waals surface area contributed by atoms with Crippen molar-refractivity contribution in [3.63, 3.8) is 0 Å². The predicted molar refractivity (Wildman–Crippen MR) is 141 cm³/mol. The van der Waals surface area contributed by atoms with Gasteiger partial charge in [0.1, 0.15) is 0 Å². The number of hydrogen-bond donors (Lipinski definition) is 3. The molecule has 0 saturated carbocycles. The van der Waals surface area contributed by atoms with Crippen LogP contribution < -0.4 is 10.6 Å². The Labute approximate surface area is 210 Å². The van der Waals surface area contributed by atoms with Crippen molar-refractivity contribution in [1.82, 2.24) is 15.5 Å². The zero-order chi connectivity index (χ0) is 21.8. The highest BCUT2D eigenvalue weighted by Gasteiger charge is 2.26. The number of morpholine rings is 1. The number of aliphatic imine (C=N–C) groups is 1. The molecule has 3 N–H and O–H groups in total. The lowest BCUT2D eigenvalue weighted by Gasteiger charge is -2.35. The molecule has 0 radical (unpaired) electrons. The van der Waals surface area contributed by atoms with E-state index >= 15 is 0 Å². The SMILES string of the molecule is CCNC(=NCC(CC)(CC)CCO)NCC(c1cccc(Cl)c1)N1CCOCC1.I. The predicted octanol–water partition coefficient (Wildman–Crippen LogP) is 4.08. The van der Waals surface area contributed by atoms with Gasteiger partial charge < -0.3 is 20.5 Å². The van der Waals surface area contributed by atoms with Crippen LogP contribution in [0.15, 0.2) is 29.3 Å². The third kappa shape index (κ3) is 9.04. The standard InChI is InChI=1S/C23H39ClN4O2.HI/c1-4-23(5-2,10-13-29)18-27-22(25-6-3)26-17-21(28-11-14-30-15-12-28)19-8-7-9-20(24)16-19;/h7-9,16,21,29H,4-6,10-15,17-18H2,1-3H3,(H2,25,26,27);1H. The molecule has 2 rings (SSSR count). The van der Waals surface area contributed by atoms with E-state index in [1.807, 2.05) is 18.2 Å². The first kappa shape index (κ1) is 28.4. The summed E-state index contributed by atoms with van der Waals surface area (Å²) in [6.45, 7) is 12.2. The summed E-state index contributed by atoms with van der Waals surface area (Å²) in [4.78, 5) is 7.33. The van der Waals surface area contributed by atoms with Gasteiger partial charge in [-0.05, 0) is 49.3 Å². The summed E-state index contributed by atoms with van der Waals surface area (Å²) >= 11 is 6.28. The molecule has 31 heavy (non-hydrogen) atoms. The Morgan fingerprint density at radius 3 is 2.52 bits per heavy atom. The highest BCUT2D eigenvalue weighted by atomic mass is 127. The third-order valence-electron chi connectivity index (χ3n) is 6.24. The van der Waals surface area contributed by atoms with Crippen molar-refractivity contribution in [3.8, 4) is 0 Å². The van der Waals surface area contributed by atoms with Gasteiger partial charge in [-0.25, -0.2) is 0 Å². The van der Waals surface area contributed by atoms with E-state index in [0.29, 0.717) is 6.54 Å². The Morgan fingerprint density at radius 1 is 1.23 bits per heavy atom. The van der Waals surface area contributed by atoms with E-state index in [4.69, 9.17) is 21.3 Å². The first-order valence-electron chi connectivity index (χ1n) is 11.3. The molecule has 0 spiro atoms. The molecule has 1 heterocycles. The van der Waals surface area contributed by atoms with Crippen LogP contribution in [-0.4, -0.2) is 68.5 Å². The fraction of sp³-hybridized carbons (Fsp3) is 0.696. The quantitative estimate of drug-likeness (QED) is 0.214. The van der Waals surface area contributed by atoms with Crippen molar-refractivity contribution in [2.45, 2.75) is 46.1 Å². The second-order valence-corrected chi connectivity index (χ2v) is 8.41. The second kappa shape index (κ2) is 15.3. The smallest absolute Gasteiger partial charge is 0.191 e. The van der Waals surface area contributed by atoms with Crippen molar-refractivity contribution in [3.05, 3.63) is 34.9 Å². The molecular formula is C23H40ClIN4O2. The molecule has 0 amide bonds. The molecule has 1 aliphatic heterocycles. The minimum atomic E-state index is 0. The Balaban J connectivity index is 0.00000480. The van der Waals surface area contributed by atoms with Gasteiger partial charge in [-0.15, -0.1) is 24.0 Å². The van der Waals surface area contributed by atoms with E-state index < -0.39 is 0 Å². The Hall–Kier alpha value is -0.610. The van der Waals surface area contributed by atoms with Gasteiger partial charge >= 0.3 is 0 Å². The molecule has 1 aromatic carbocycles. The lowest BCUT2D eigenvalue weighted by atomic mass is 9.79. The number of rotatable bonds is 11. The number of nitrogens with one attached hydrogen (secondary N) is 2. The topological polar surface area (TPSA) is 69.1 Å². The van der Waals surface area contributed by atoms with Crippen LogP contribution in [0.25, 0.3) is 0 Å². The number of benzene rings is 1. The van der Waals surface area contributed by atoms with Crippen LogP contribution >= 0.6 is 35.6 Å². The average molecular weight is 567 g/mol. The Bertz CT molecular complexity index is 652. The Kier molecular flexibility index (Phi) is 14.0. The molecule has 0 bridgehead atoms. The number of nitrogens with zero attached hydrogens (tertiary/aromatic N) is 2. The highest BCUT2D eigenvalue weighted by molar-refractivity contribution is 14.0. The molecule has 1 unspecified atom stereocenters. The molecule has 1 saturated heterocycles. The van der Waals surface area contributed by atoms with Crippen LogP contribution in [0.2, 0.25) is 5.02 Å². The molecule has 1 fully saturated rings. The maximum atomic E-state index is 9.50. The van der Waals surface area contributed by atoms with Gasteiger partial charge in [-0.3, -0.25) is 9.89 Å². The monoisotopic (exact) mass is 566 g/mol. The van der Waals surface area contributed by atoms with E-state index in [9.17, 15) is 5.11 Å². The van der Waals surface area contributed by atoms with Crippen LogP contribution in [0.1, 0.15) is 51.6 Å². The minimum absolute atomic E-state index is 0. The summed E-state index contributed by atoms with van der Waals surface area (Å²) in [5.41, 5.74) is 1.25. The van der Waals surface area contributed by atoms with Crippen molar-refractivity contribution >= 4 is 41.5 Å². The maximum absolute atomic E-state index is 9.50. The van der Waals surface area contributed by atoms with Gasteiger partial charge in [0, 0.05) is 44.4 Å². The van der Waals surface area contributed by atoms with E-state index in [2.05, 4.69) is 42.4 Å². The van der Waals surface area contributed by atoms with Gasteiger partial charge in [0.2, 0.25) is 0 Å². The molecule has 1 aliphatic rings. The van der Waals surface area contributed by atoms with Crippen molar-refractivity contribution < 1.29 is 9.84 Å². The number of hydrogen-bond acceptors (Lipinski definition) is 4. The van der Waals surface area contributed by atoms with Crippen LogP contribution in [0.3, 0.4) is 0 Å². The Morgan fingerprint density at radius 2 is 1.94 bits per heavy atom. The number of halogens is 2. The van der Waals surface area contributed by atoms with Crippen LogP contribution in [0.5, 0.6) is 0 Å². The fourth-order valence-corrected chi connectivity index (χ4v) is 4.18. The van der Waals surface area contributed by atoms with E-state index in [0.717, 1.165) is 69.6 Å². The van der Waals surface area contributed by atoms with Gasteiger partial charge in [0.05, 0.1) is 19.3 Å². The van der Waals surface area contributed by atoms with E-state index in [1.165, 1.54) is 5.56 Å². The van der Waals surface area contributed by atoms with Crippen molar-refractivity contribution in [1.29, 1.82) is 0 Å². The van der Waals surface area contributed by atoms with Gasteiger partial charge in [0.15, 0.2) is 5.96 Å². The summed E-state index contributed by atoms with van der Waals surface area (Å²) in [5.74, 6) is 0.821. The van der Waals surface area contributed by atoms with Gasteiger partial charge in [0.25, 0.3) is 0 Å². The minimum Gasteiger partial charge on any atom is -0.396 e. The highest BCUT2D eigenvalue weighted by Crippen LogP contribution is 2.30.